The van der Waals surface area contributed by atoms with E-state index in [0.29, 0.717) is 12.2 Å². The Hall–Kier alpha value is -2.41. The summed E-state index contributed by atoms with van der Waals surface area (Å²) in [5.74, 6) is -0.510. The van der Waals surface area contributed by atoms with Crippen molar-refractivity contribution in [1.29, 1.82) is 0 Å². The van der Waals surface area contributed by atoms with E-state index in [2.05, 4.69) is 15.5 Å². The number of hydrogen-bond donors (Lipinski definition) is 2. The Morgan fingerprint density at radius 1 is 1.40 bits per heavy atom. The van der Waals surface area contributed by atoms with E-state index < -0.39 is 5.82 Å². The van der Waals surface area contributed by atoms with Gasteiger partial charge in [-0.25, -0.2) is 4.39 Å². The highest BCUT2D eigenvalue weighted by Gasteiger charge is 2.15. The quantitative estimate of drug-likeness (QED) is 0.807. The van der Waals surface area contributed by atoms with Crippen LogP contribution in [-0.4, -0.2) is 35.4 Å². The third-order valence-corrected chi connectivity index (χ3v) is 4.11. The molecular formula is C18H22FN3O3. The minimum absolute atomic E-state index is 0.108. The second-order valence-corrected chi connectivity index (χ2v) is 6.03. The molecule has 6 nitrogen and oxygen atoms in total. The Labute approximate surface area is 145 Å². The molecule has 0 saturated carbocycles. The number of ether oxygens (including phenoxy) is 2. The summed E-state index contributed by atoms with van der Waals surface area (Å²) in [4.78, 5) is 12.1. The zero-order chi connectivity index (χ0) is 17.5. The van der Waals surface area contributed by atoms with E-state index in [-0.39, 0.29) is 30.1 Å². The fourth-order valence-electron chi connectivity index (χ4n) is 2.74. The van der Waals surface area contributed by atoms with Gasteiger partial charge in [-0.1, -0.05) is 12.1 Å². The zero-order valence-corrected chi connectivity index (χ0v) is 14.0. The monoisotopic (exact) mass is 347 g/mol. The maximum Gasteiger partial charge on any atom is 0.271 e. The molecule has 7 heteroatoms. The van der Waals surface area contributed by atoms with Crippen molar-refractivity contribution in [2.75, 3.05) is 13.2 Å². The summed E-state index contributed by atoms with van der Waals surface area (Å²) in [5.41, 5.74) is 0.890. The van der Waals surface area contributed by atoms with Crippen LogP contribution in [0.3, 0.4) is 0 Å². The van der Waals surface area contributed by atoms with Crippen LogP contribution < -0.4 is 10.1 Å². The average molecular weight is 347 g/mol. The van der Waals surface area contributed by atoms with Crippen LogP contribution in [0.25, 0.3) is 0 Å². The SMILES string of the molecule is O=C(NCC[C@H]1CCCCO1)c1cc(COc2ccccc2F)[nH]n1. The van der Waals surface area contributed by atoms with Crippen LogP contribution in [0, 0.1) is 5.82 Å². The molecule has 0 bridgehead atoms. The summed E-state index contributed by atoms with van der Waals surface area (Å²) < 4.78 is 24.5. The second-order valence-electron chi connectivity index (χ2n) is 6.03. The first-order chi connectivity index (χ1) is 12.2. The Morgan fingerprint density at radius 2 is 2.28 bits per heavy atom. The number of nitrogens with one attached hydrogen (secondary N) is 2. The number of aromatic nitrogens is 2. The maximum atomic E-state index is 13.5. The highest BCUT2D eigenvalue weighted by atomic mass is 19.1. The van der Waals surface area contributed by atoms with Crippen molar-refractivity contribution in [2.45, 2.75) is 38.4 Å². The molecule has 1 amide bonds. The van der Waals surface area contributed by atoms with Gasteiger partial charge in [0.15, 0.2) is 11.6 Å². The molecular weight excluding hydrogens is 325 g/mol. The Balaban J connectivity index is 1.44. The molecule has 0 unspecified atom stereocenters. The lowest BCUT2D eigenvalue weighted by Crippen LogP contribution is -2.29. The third kappa shape index (κ3) is 5.03. The first kappa shape index (κ1) is 17.4. The van der Waals surface area contributed by atoms with Crippen LogP contribution in [0.4, 0.5) is 4.39 Å². The van der Waals surface area contributed by atoms with Gasteiger partial charge in [0.25, 0.3) is 5.91 Å². The topological polar surface area (TPSA) is 76.2 Å². The number of carbonyl (C=O) groups is 1. The number of H-pyrrole nitrogens is 1. The number of amides is 1. The molecule has 0 spiro atoms. The van der Waals surface area contributed by atoms with Crippen LogP contribution in [0.1, 0.15) is 41.9 Å². The molecule has 1 aromatic carbocycles. The Morgan fingerprint density at radius 3 is 3.08 bits per heavy atom. The molecule has 0 aliphatic carbocycles. The smallest absolute Gasteiger partial charge is 0.271 e. The van der Waals surface area contributed by atoms with Gasteiger partial charge < -0.3 is 14.8 Å². The predicted molar refractivity (Wildman–Crippen MR) is 89.9 cm³/mol. The van der Waals surface area contributed by atoms with Gasteiger partial charge in [0.2, 0.25) is 0 Å². The number of aromatic amines is 1. The normalized spacial score (nSPS) is 17.2. The predicted octanol–water partition coefficient (Wildman–Crippen LogP) is 2.82. The molecule has 1 saturated heterocycles. The van der Waals surface area contributed by atoms with Gasteiger partial charge >= 0.3 is 0 Å². The molecule has 1 atom stereocenters. The molecule has 134 valence electrons. The molecule has 2 heterocycles. The second kappa shape index (κ2) is 8.62. The number of nitrogens with zero attached hydrogens (tertiary/aromatic N) is 1. The van der Waals surface area contributed by atoms with Gasteiger partial charge in [-0.2, -0.15) is 5.10 Å². The molecule has 0 radical (unpaired) electrons. The lowest BCUT2D eigenvalue weighted by molar-refractivity contribution is 0.0117. The number of rotatable bonds is 7. The first-order valence-corrected chi connectivity index (χ1v) is 8.54. The summed E-state index contributed by atoms with van der Waals surface area (Å²) >= 11 is 0. The van der Waals surface area contributed by atoms with Gasteiger partial charge in [0.1, 0.15) is 12.3 Å². The van der Waals surface area contributed by atoms with Crippen LogP contribution in [0.5, 0.6) is 5.75 Å². The van der Waals surface area contributed by atoms with Crippen LogP contribution >= 0.6 is 0 Å². The largest absolute Gasteiger partial charge is 0.484 e. The summed E-state index contributed by atoms with van der Waals surface area (Å²) in [6, 6.07) is 7.77. The molecule has 1 aromatic heterocycles. The van der Waals surface area contributed by atoms with Crippen molar-refractivity contribution in [2.24, 2.45) is 0 Å². The minimum Gasteiger partial charge on any atom is -0.484 e. The molecule has 2 N–H and O–H groups in total. The first-order valence-electron chi connectivity index (χ1n) is 8.54. The standard InChI is InChI=1S/C18H22FN3O3/c19-15-6-1-2-7-17(15)25-12-13-11-16(22-21-13)18(23)20-9-8-14-5-3-4-10-24-14/h1-2,6-7,11,14H,3-5,8-10,12H2,(H,20,23)(H,21,22)/t14-/m1/s1. The maximum absolute atomic E-state index is 13.5. The number of halogens is 1. The van der Waals surface area contributed by atoms with Crippen molar-refractivity contribution < 1.29 is 18.7 Å². The highest BCUT2D eigenvalue weighted by Crippen LogP contribution is 2.17. The van der Waals surface area contributed by atoms with E-state index in [9.17, 15) is 9.18 Å². The fraction of sp³-hybridized carbons (Fsp3) is 0.444. The van der Waals surface area contributed by atoms with Crippen molar-refractivity contribution in [3.05, 3.63) is 47.5 Å². The highest BCUT2D eigenvalue weighted by molar-refractivity contribution is 5.92. The molecule has 1 aliphatic heterocycles. The van der Waals surface area contributed by atoms with Gasteiger partial charge in [0, 0.05) is 13.2 Å². The van der Waals surface area contributed by atoms with E-state index >= 15 is 0 Å². The molecule has 25 heavy (non-hydrogen) atoms. The number of carbonyl (C=O) groups excluding carboxylic acids is 1. The fourth-order valence-corrected chi connectivity index (χ4v) is 2.74. The van der Waals surface area contributed by atoms with E-state index in [4.69, 9.17) is 9.47 Å². The van der Waals surface area contributed by atoms with Gasteiger partial charge in [0.05, 0.1) is 11.8 Å². The summed E-state index contributed by atoms with van der Waals surface area (Å²) in [6.07, 6.45) is 4.39. The van der Waals surface area contributed by atoms with Crippen molar-refractivity contribution in [3.63, 3.8) is 0 Å². The Kier molecular flexibility index (Phi) is 6.00. The minimum atomic E-state index is -0.426. The van der Waals surface area contributed by atoms with Gasteiger partial charge in [-0.3, -0.25) is 9.89 Å². The van der Waals surface area contributed by atoms with Crippen LogP contribution in [-0.2, 0) is 11.3 Å². The number of para-hydroxylation sites is 1. The van der Waals surface area contributed by atoms with Crippen molar-refractivity contribution in [1.82, 2.24) is 15.5 Å². The molecule has 3 rings (SSSR count). The number of hydrogen-bond acceptors (Lipinski definition) is 4. The Bertz CT molecular complexity index is 698. The average Bonchev–Trinajstić information content (AvgIpc) is 3.11. The van der Waals surface area contributed by atoms with E-state index in [1.807, 2.05) is 0 Å². The zero-order valence-electron chi connectivity index (χ0n) is 14.0. The summed E-state index contributed by atoms with van der Waals surface area (Å²) in [6.45, 7) is 1.47. The van der Waals surface area contributed by atoms with Crippen LogP contribution in [0.2, 0.25) is 0 Å². The molecule has 2 aromatic rings. The third-order valence-electron chi connectivity index (χ3n) is 4.11. The van der Waals surface area contributed by atoms with Crippen molar-refractivity contribution >= 4 is 5.91 Å². The van der Waals surface area contributed by atoms with E-state index in [1.54, 1.807) is 24.3 Å². The molecule has 1 fully saturated rings. The lowest BCUT2D eigenvalue weighted by atomic mass is 10.1. The van der Waals surface area contributed by atoms with E-state index in [1.165, 1.54) is 12.5 Å². The van der Waals surface area contributed by atoms with Crippen LogP contribution in [0.15, 0.2) is 30.3 Å². The summed E-state index contributed by atoms with van der Waals surface area (Å²) in [5, 5.41) is 9.55. The number of benzene rings is 1. The van der Waals surface area contributed by atoms with Gasteiger partial charge in [-0.15, -0.1) is 0 Å². The van der Waals surface area contributed by atoms with Gasteiger partial charge in [-0.05, 0) is 43.9 Å². The summed E-state index contributed by atoms with van der Waals surface area (Å²) in [7, 11) is 0. The van der Waals surface area contributed by atoms with Crippen molar-refractivity contribution in [3.8, 4) is 5.75 Å². The molecule has 1 aliphatic rings. The van der Waals surface area contributed by atoms with E-state index in [0.717, 1.165) is 25.9 Å². The lowest BCUT2D eigenvalue weighted by Gasteiger charge is -2.22.